The number of likely N-dealkylation sites (N-methyl/N-ethyl adjacent to an activating group) is 1. The van der Waals surface area contributed by atoms with Gasteiger partial charge in [0.25, 0.3) is 0 Å². The molecule has 21 heavy (non-hydrogen) atoms. The zero-order valence-electron chi connectivity index (χ0n) is 13.3. The first kappa shape index (κ1) is 17.7. The molecule has 1 aromatic carbocycles. The van der Waals surface area contributed by atoms with Gasteiger partial charge in [0.05, 0.1) is 13.2 Å². The van der Waals surface area contributed by atoms with E-state index in [1.807, 2.05) is 25.1 Å². The molecular weight excluding hydrogens is 266 g/mol. The van der Waals surface area contributed by atoms with Gasteiger partial charge in [-0.05, 0) is 31.9 Å². The predicted octanol–water partition coefficient (Wildman–Crippen LogP) is 2.77. The molecule has 0 aliphatic carbocycles. The summed E-state index contributed by atoms with van der Waals surface area (Å²) in [6.07, 6.45) is 1.72. The minimum Gasteiger partial charge on any atom is -0.465 e. The standard InChI is InChI=1S/C17H27NO3/c1-4-14(11-16(18-3)17(19)21-5-2)12-20-13-15-9-7-6-8-10-15/h6-10,14,16,18H,4-5,11-13H2,1-3H3. The van der Waals surface area contributed by atoms with Crippen molar-refractivity contribution >= 4 is 5.97 Å². The second-order valence-electron chi connectivity index (χ2n) is 5.10. The summed E-state index contributed by atoms with van der Waals surface area (Å²) in [5, 5.41) is 3.03. The fourth-order valence-electron chi connectivity index (χ4n) is 2.18. The maximum Gasteiger partial charge on any atom is 0.323 e. The zero-order chi connectivity index (χ0) is 15.5. The van der Waals surface area contributed by atoms with Crippen LogP contribution < -0.4 is 5.32 Å². The van der Waals surface area contributed by atoms with Gasteiger partial charge < -0.3 is 14.8 Å². The summed E-state index contributed by atoms with van der Waals surface area (Å²) in [5.41, 5.74) is 1.17. The number of ether oxygens (including phenoxy) is 2. The molecule has 4 nitrogen and oxygen atoms in total. The Labute approximate surface area is 127 Å². The molecule has 0 aliphatic rings. The Morgan fingerprint density at radius 1 is 1.24 bits per heavy atom. The summed E-state index contributed by atoms with van der Waals surface area (Å²) in [5.74, 6) is 0.164. The van der Waals surface area contributed by atoms with Crippen LogP contribution in [0.25, 0.3) is 0 Å². The first-order valence-electron chi connectivity index (χ1n) is 7.66. The zero-order valence-corrected chi connectivity index (χ0v) is 13.3. The smallest absolute Gasteiger partial charge is 0.323 e. The number of nitrogens with one attached hydrogen (secondary N) is 1. The van der Waals surface area contributed by atoms with Crippen LogP contribution in [0.4, 0.5) is 0 Å². The Bertz CT molecular complexity index is 394. The van der Waals surface area contributed by atoms with Crippen molar-refractivity contribution in [1.82, 2.24) is 5.32 Å². The van der Waals surface area contributed by atoms with Crippen molar-refractivity contribution in [3.8, 4) is 0 Å². The quantitative estimate of drug-likeness (QED) is 0.674. The normalized spacial score (nSPS) is 13.7. The lowest BCUT2D eigenvalue weighted by atomic mass is 9.98. The third-order valence-corrected chi connectivity index (χ3v) is 3.53. The van der Waals surface area contributed by atoms with Gasteiger partial charge in [0, 0.05) is 6.61 Å². The van der Waals surface area contributed by atoms with E-state index in [2.05, 4.69) is 24.4 Å². The third kappa shape index (κ3) is 6.74. The molecule has 0 aromatic heterocycles. The van der Waals surface area contributed by atoms with Crippen molar-refractivity contribution in [1.29, 1.82) is 0 Å². The topological polar surface area (TPSA) is 47.6 Å². The highest BCUT2D eigenvalue weighted by Gasteiger charge is 2.21. The molecule has 4 heteroatoms. The summed E-state index contributed by atoms with van der Waals surface area (Å²) < 4.78 is 10.8. The van der Waals surface area contributed by atoms with Gasteiger partial charge in [-0.1, -0.05) is 43.7 Å². The van der Waals surface area contributed by atoms with Crippen LogP contribution >= 0.6 is 0 Å². The number of rotatable bonds is 10. The average Bonchev–Trinajstić information content (AvgIpc) is 2.52. The number of esters is 1. The number of hydrogen-bond donors (Lipinski definition) is 1. The average molecular weight is 293 g/mol. The number of carbonyl (C=O) groups is 1. The van der Waals surface area contributed by atoms with Gasteiger partial charge in [0.1, 0.15) is 6.04 Å². The van der Waals surface area contributed by atoms with Gasteiger partial charge in [0.15, 0.2) is 0 Å². The Morgan fingerprint density at radius 2 is 1.95 bits per heavy atom. The van der Waals surface area contributed by atoms with E-state index in [0.717, 1.165) is 12.8 Å². The van der Waals surface area contributed by atoms with E-state index in [0.29, 0.717) is 25.7 Å². The van der Waals surface area contributed by atoms with Crippen molar-refractivity contribution in [2.24, 2.45) is 5.92 Å². The van der Waals surface area contributed by atoms with E-state index in [4.69, 9.17) is 9.47 Å². The maximum absolute atomic E-state index is 11.8. The molecule has 2 unspecified atom stereocenters. The summed E-state index contributed by atoms with van der Waals surface area (Å²) in [6.45, 7) is 5.63. The summed E-state index contributed by atoms with van der Waals surface area (Å²) in [6, 6.07) is 9.86. The van der Waals surface area contributed by atoms with Crippen LogP contribution in [-0.4, -0.2) is 32.3 Å². The molecular formula is C17H27NO3. The van der Waals surface area contributed by atoms with Crippen LogP contribution in [-0.2, 0) is 20.9 Å². The van der Waals surface area contributed by atoms with Crippen LogP contribution in [0.5, 0.6) is 0 Å². The van der Waals surface area contributed by atoms with Gasteiger partial charge >= 0.3 is 5.97 Å². The Hall–Kier alpha value is -1.39. The van der Waals surface area contributed by atoms with Gasteiger partial charge in [0.2, 0.25) is 0 Å². The lowest BCUT2D eigenvalue weighted by Crippen LogP contribution is -2.38. The Kier molecular flexibility index (Phi) is 8.71. The van der Waals surface area contributed by atoms with Crippen molar-refractivity contribution in [3.05, 3.63) is 35.9 Å². The van der Waals surface area contributed by atoms with Crippen LogP contribution in [0, 0.1) is 5.92 Å². The van der Waals surface area contributed by atoms with Gasteiger partial charge in [-0.3, -0.25) is 4.79 Å². The molecule has 0 radical (unpaired) electrons. The SMILES string of the molecule is CCOC(=O)C(CC(CC)COCc1ccccc1)NC. The first-order chi connectivity index (χ1) is 10.2. The molecule has 0 bridgehead atoms. The highest BCUT2D eigenvalue weighted by Crippen LogP contribution is 2.14. The minimum absolute atomic E-state index is 0.179. The second kappa shape index (κ2) is 10.4. The summed E-state index contributed by atoms with van der Waals surface area (Å²) in [7, 11) is 1.79. The fourth-order valence-corrected chi connectivity index (χ4v) is 2.18. The van der Waals surface area contributed by atoms with Gasteiger partial charge in [-0.15, -0.1) is 0 Å². The minimum atomic E-state index is -0.254. The fraction of sp³-hybridized carbons (Fsp3) is 0.588. The second-order valence-corrected chi connectivity index (χ2v) is 5.10. The highest BCUT2D eigenvalue weighted by molar-refractivity contribution is 5.75. The number of hydrogen-bond acceptors (Lipinski definition) is 4. The van der Waals surface area contributed by atoms with E-state index < -0.39 is 0 Å². The third-order valence-electron chi connectivity index (χ3n) is 3.53. The lowest BCUT2D eigenvalue weighted by molar-refractivity contribution is -0.146. The van der Waals surface area contributed by atoms with Gasteiger partial charge in [-0.2, -0.15) is 0 Å². The molecule has 0 amide bonds. The van der Waals surface area contributed by atoms with Crippen molar-refractivity contribution in [2.45, 2.75) is 39.3 Å². The lowest BCUT2D eigenvalue weighted by Gasteiger charge is -2.21. The van der Waals surface area contributed by atoms with E-state index >= 15 is 0 Å². The molecule has 118 valence electrons. The van der Waals surface area contributed by atoms with Crippen LogP contribution in [0.15, 0.2) is 30.3 Å². The molecule has 1 N–H and O–H groups in total. The first-order valence-corrected chi connectivity index (χ1v) is 7.66. The van der Waals surface area contributed by atoms with Gasteiger partial charge in [-0.25, -0.2) is 0 Å². The molecule has 0 spiro atoms. The molecule has 0 aliphatic heterocycles. The number of carbonyl (C=O) groups excluding carboxylic acids is 1. The molecule has 0 saturated heterocycles. The molecule has 0 fully saturated rings. The monoisotopic (exact) mass is 293 g/mol. The van der Waals surface area contributed by atoms with E-state index in [1.54, 1.807) is 7.05 Å². The summed E-state index contributed by atoms with van der Waals surface area (Å²) in [4.78, 5) is 11.8. The molecule has 1 rings (SSSR count). The van der Waals surface area contributed by atoms with E-state index in [9.17, 15) is 4.79 Å². The predicted molar refractivity (Wildman–Crippen MR) is 84.0 cm³/mol. The Morgan fingerprint density at radius 3 is 2.52 bits per heavy atom. The highest BCUT2D eigenvalue weighted by atomic mass is 16.5. The van der Waals surface area contributed by atoms with Crippen LogP contribution in [0.3, 0.4) is 0 Å². The molecule has 0 heterocycles. The maximum atomic E-state index is 11.8. The number of benzene rings is 1. The molecule has 0 saturated carbocycles. The molecule has 1 aromatic rings. The van der Waals surface area contributed by atoms with E-state index in [-0.39, 0.29) is 12.0 Å². The van der Waals surface area contributed by atoms with Crippen molar-refractivity contribution in [3.63, 3.8) is 0 Å². The van der Waals surface area contributed by atoms with E-state index in [1.165, 1.54) is 5.56 Å². The molecule has 2 atom stereocenters. The Balaban J connectivity index is 2.38. The van der Waals surface area contributed by atoms with Crippen molar-refractivity contribution < 1.29 is 14.3 Å². The largest absolute Gasteiger partial charge is 0.465 e. The van der Waals surface area contributed by atoms with Crippen LogP contribution in [0.1, 0.15) is 32.3 Å². The van der Waals surface area contributed by atoms with Crippen molar-refractivity contribution in [2.75, 3.05) is 20.3 Å². The summed E-state index contributed by atoms with van der Waals surface area (Å²) >= 11 is 0. The van der Waals surface area contributed by atoms with Crippen LogP contribution in [0.2, 0.25) is 0 Å².